The fraction of sp³-hybridized carbons (Fsp3) is 0.636. The van der Waals surface area contributed by atoms with Crippen molar-refractivity contribution in [1.82, 2.24) is 4.57 Å². The summed E-state index contributed by atoms with van der Waals surface area (Å²) in [6, 6.07) is 2.22. The van der Waals surface area contributed by atoms with Crippen molar-refractivity contribution in [3.05, 3.63) is 23.0 Å². The molecule has 0 aliphatic rings. The average Bonchev–Trinajstić information content (AvgIpc) is 2.40. The molecule has 0 aromatic carbocycles. The highest BCUT2D eigenvalue weighted by molar-refractivity contribution is 5.29. The summed E-state index contributed by atoms with van der Waals surface area (Å²) >= 11 is 0. The first-order chi connectivity index (χ1) is 6.57. The lowest BCUT2D eigenvalue weighted by molar-refractivity contribution is 0.279. The molecule has 0 spiro atoms. The number of nitrogens with zero attached hydrogens (tertiary/aromatic N) is 1. The first kappa shape index (κ1) is 11.3. The predicted molar refractivity (Wildman–Crippen MR) is 58.2 cm³/mol. The van der Waals surface area contributed by atoms with Crippen molar-refractivity contribution in [3.8, 4) is 0 Å². The van der Waals surface area contributed by atoms with Gasteiger partial charge in [0.05, 0.1) is 0 Å². The molecule has 0 aliphatic heterocycles. The van der Waals surface area contributed by atoms with Gasteiger partial charge in [-0.1, -0.05) is 0 Å². The first-order valence-electron chi connectivity index (χ1n) is 5.11. The Labute approximate surface area is 85.5 Å². The van der Waals surface area contributed by atoms with Gasteiger partial charge in [0.1, 0.15) is 0 Å². The van der Waals surface area contributed by atoms with Crippen LogP contribution in [0, 0.1) is 13.8 Å². The van der Waals surface area contributed by atoms with Crippen molar-refractivity contribution in [1.29, 1.82) is 0 Å². The van der Waals surface area contributed by atoms with E-state index in [4.69, 9.17) is 10.8 Å². The fourth-order valence-electron chi connectivity index (χ4n) is 1.86. The Morgan fingerprint density at radius 3 is 2.57 bits per heavy atom. The summed E-state index contributed by atoms with van der Waals surface area (Å²) in [6.45, 7) is 7.28. The molecule has 1 atom stereocenters. The predicted octanol–water partition coefficient (Wildman–Crippen LogP) is 1.51. The van der Waals surface area contributed by atoms with E-state index in [0.29, 0.717) is 0 Å². The van der Waals surface area contributed by atoms with Crippen LogP contribution < -0.4 is 5.73 Å². The van der Waals surface area contributed by atoms with Gasteiger partial charge in [0, 0.05) is 30.6 Å². The van der Waals surface area contributed by atoms with Crippen LogP contribution in [0.2, 0.25) is 0 Å². The van der Waals surface area contributed by atoms with Crippen molar-refractivity contribution < 1.29 is 5.11 Å². The van der Waals surface area contributed by atoms with Gasteiger partial charge in [0.15, 0.2) is 0 Å². The normalized spacial score (nSPS) is 13.2. The van der Waals surface area contributed by atoms with Crippen molar-refractivity contribution >= 4 is 0 Å². The molecule has 1 rings (SSSR count). The maximum absolute atomic E-state index is 8.79. The highest BCUT2D eigenvalue weighted by atomic mass is 16.3. The Morgan fingerprint density at radius 2 is 2.14 bits per heavy atom. The summed E-state index contributed by atoms with van der Waals surface area (Å²) in [6.07, 6.45) is 0.800. The van der Waals surface area contributed by atoms with Crippen LogP contribution in [0.1, 0.15) is 36.3 Å². The summed E-state index contributed by atoms with van der Waals surface area (Å²) < 4.78 is 2.22. The molecule has 0 amide bonds. The van der Waals surface area contributed by atoms with Gasteiger partial charge in [0.25, 0.3) is 0 Å². The minimum atomic E-state index is 0.0871. The van der Waals surface area contributed by atoms with E-state index in [2.05, 4.69) is 24.5 Å². The average molecular weight is 196 g/mol. The first-order valence-corrected chi connectivity index (χ1v) is 5.11. The van der Waals surface area contributed by atoms with Gasteiger partial charge in [-0.25, -0.2) is 0 Å². The molecule has 0 saturated heterocycles. The zero-order valence-electron chi connectivity index (χ0n) is 9.25. The number of rotatable bonds is 4. The number of aryl methyl sites for hydroxylation is 1. The highest BCUT2D eigenvalue weighted by Crippen LogP contribution is 2.20. The Kier molecular flexibility index (Phi) is 3.72. The van der Waals surface area contributed by atoms with Crippen LogP contribution in [0.5, 0.6) is 0 Å². The van der Waals surface area contributed by atoms with Crippen LogP contribution in [0.15, 0.2) is 6.07 Å². The second kappa shape index (κ2) is 4.62. The zero-order chi connectivity index (χ0) is 10.7. The molecular formula is C11H20N2O. The number of aliphatic hydroxyl groups is 1. The molecule has 3 nitrogen and oxygen atoms in total. The van der Waals surface area contributed by atoms with Crippen LogP contribution in [0.25, 0.3) is 0 Å². The van der Waals surface area contributed by atoms with Crippen molar-refractivity contribution in [2.75, 3.05) is 6.61 Å². The lowest BCUT2D eigenvalue weighted by atomic mass is 10.1. The maximum Gasteiger partial charge on any atom is 0.0448 e. The lowest BCUT2D eigenvalue weighted by Crippen LogP contribution is -2.08. The van der Waals surface area contributed by atoms with Gasteiger partial charge in [-0.2, -0.15) is 0 Å². The monoisotopic (exact) mass is 196 g/mol. The van der Waals surface area contributed by atoms with Gasteiger partial charge in [-0.15, -0.1) is 0 Å². The third-order valence-corrected chi connectivity index (χ3v) is 2.64. The largest absolute Gasteiger partial charge is 0.396 e. The van der Waals surface area contributed by atoms with Crippen LogP contribution in [-0.2, 0) is 6.54 Å². The summed E-state index contributed by atoms with van der Waals surface area (Å²) in [7, 11) is 0. The number of hydrogen-bond acceptors (Lipinski definition) is 2. The van der Waals surface area contributed by atoms with Crippen LogP contribution in [0.3, 0.4) is 0 Å². The van der Waals surface area contributed by atoms with Gasteiger partial charge < -0.3 is 15.4 Å². The minimum absolute atomic E-state index is 0.0871. The standard InChI is InChI=1S/C11H20N2O/c1-8-7-11(9(2)12)10(3)13(8)5-4-6-14/h7,9,14H,4-6,12H2,1-3H3/t9-/m1/s1. The third kappa shape index (κ3) is 2.16. The quantitative estimate of drug-likeness (QED) is 0.767. The smallest absolute Gasteiger partial charge is 0.0448 e. The molecular weight excluding hydrogens is 176 g/mol. The summed E-state index contributed by atoms with van der Waals surface area (Å²) in [5.74, 6) is 0. The molecule has 1 aromatic heterocycles. The van der Waals surface area contributed by atoms with E-state index < -0.39 is 0 Å². The molecule has 14 heavy (non-hydrogen) atoms. The molecule has 0 radical (unpaired) electrons. The van der Waals surface area contributed by atoms with E-state index in [1.807, 2.05) is 6.92 Å². The van der Waals surface area contributed by atoms with Gasteiger partial charge >= 0.3 is 0 Å². The summed E-state index contributed by atoms with van der Waals surface area (Å²) in [4.78, 5) is 0. The lowest BCUT2D eigenvalue weighted by Gasteiger charge is -2.09. The molecule has 0 unspecified atom stereocenters. The van der Waals surface area contributed by atoms with E-state index in [-0.39, 0.29) is 12.6 Å². The van der Waals surface area contributed by atoms with E-state index >= 15 is 0 Å². The molecule has 1 heterocycles. The number of aromatic nitrogens is 1. The van der Waals surface area contributed by atoms with E-state index in [1.165, 1.54) is 17.0 Å². The molecule has 3 N–H and O–H groups in total. The topological polar surface area (TPSA) is 51.2 Å². The highest BCUT2D eigenvalue weighted by Gasteiger charge is 2.10. The summed E-state index contributed by atoms with van der Waals surface area (Å²) in [5.41, 5.74) is 9.52. The molecule has 0 fully saturated rings. The van der Waals surface area contributed by atoms with Crippen molar-refractivity contribution in [2.24, 2.45) is 5.73 Å². The Hall–Kier alpha value is -0.800. The molecule has 3 heteroatoms. The fourth-order valence-corrected chi connectivity index (χ4v) is 1.86. The molecule has 0 saturated carbocycles. The number of hydrogen-bond donors (Lipinski definition) is 2. The maximum atomic E-state index is 8.79. The van der Waals surface area contributed by atoms with Gasteiger partial charge in [-0.3, -0.25) is 0 Å². The zero-order valence-corrected chi connectivity index (χ0v) is 9.25. The second-order valence-corrected chi connectivity index (χ2v) is 3.84. The van der Waals surface area contributed by atoms with Crippen molar-refractivity contribution in [3.63, 3.8) is 0 Å². The number of nitrogens with two attached hydrogens (primary N) is 1. The second-order valence-electron chi connectivity index (χ2n) is 3.84. The van der Waals surface area contributed by atoms with Crippen LogP contribution in [0.4, 0.5) is 0 Å². The summed E-state index contributed by atoms with van der Waals surface area (Å²) in [5, 5.41) is 8.79. The van der Waals surface area contributed by atoms with E-state index in [9.17, 15) is 0 Å². The Bertz CT molecular complexity index is 302. The van der Waals surface area contributed by atoms with Crippen LogP contribution >= 0.6 is 0 Å². The van der Waals surface area contributed by atoms with Gasteiger partial charge in [-0.05, 0) is 38.8 Å². The number of aliphatic hydroxyl groups excluding tert-OH is 1. The van der Waals surface area contributed by atoms with Crippen LogP contribution in [-0.4, -0.2) is 16.3 Å². The Morgan fingerprint density at radius 1 is 1.50 bits per heavy atom. The molecule has 1 aromatic rings. The molecule has 0 bridgehead atoms. The Balaban J connectivity index is 2.93. The SMILES string of the molecule is Cc1cc([C@@H](C)N)c(C)n1CCCO. The molecule has 80 valence electrons. The minimum Gasteiger partial charge on any atom is -0.396 e. The van der Waals surface area contributed by atoms with Crippen molar-refractivity contribution in [2.45, 2.75) is 39.8 Å². The van der Waals surface area contributed by atoms with E-state index in [1.54, 1.807) is 0 Å². The third-order valence-electron chi connectivity index (χ3n) is 2.64. The molecule has 0 aliphatic carbocycles. The van der Waals surface area contributed by atoms with Gasteiger partial charge in [0.2, 0.25) is 0 Å². The van der Waals surface area contributed by atoms with E-state index in [0.717, 1.165) is 13.0 Å².